The molecule has 3 nitrogen and oxygen atoms in total. The zero-order valence-electron chi connectivity index (χ0n) is 11.5. The number of aryl methyl sites for hydroxylation is 1. The lowest BCUT2D eigenvalue weighted by Gasteiger charge is -2.07. The van der Waals surface area contributed by atoms with Gasteiger partial charge in [-0.05, 0) is 53.2 Å². The number of carboxylic acid groups (broad SMARTS) is 1. The second-order valence-electron chi connectivity index (χ2n) is 4.46. The van der Waals surface area contributed by atoms with Gasteiger partial charge in [-0.2, -0.15) is 0 Å². The van der Waals surface area contributed by atoms with E-state index in [2.05, 4.69) is 15.9 Å². The fourth-order valence-corrected chi connectivity index (χ4v) is 2.90. The molecule has 21 heavy (non-hydrogen) atoms. The first-order valence-electron chi connectivity index (χ1n) is 6.41. The number of rotatable bonds is 6. The number of aromatic carboxylic acids is 1. The van der Waals surface area contributed by atoms with Crippen LogP contribution < -0.4 is 4.74 Å². The van der Waals surface area contributed by atoms with Gasteiger partial charge in [0, 0.05) is 15.1 Å². The van der Waals surface area contributed by atoms with E-state index in [0.717, 1.165) is 16.4 Å². The van der Waals surface area contributed by atoms with E-state index in [-0.39, 0.29) is 5.56 Å². The van der Waals surface area contributed by atoms with Gasteiger partial charge in [-0.3, -0.25) is 0 Å². The van der Waals surface area contributed by atoms with Crippen molar-refractivity contribution in [2.24, 2.45) is 0 Å². The van der Waals surface area contributed by atoms with Crippen LogP contribution in [0.25, 0.3) is 0 Å². The first-order valence-corrected chi connectivity index (χ1v) is 8.19. The molecule has 0 aliphatic heterocycles. The topological polar surface area (TPSA) is 46.5 Å². The summed E-state index contributed by atoms with van der Waals surface area (Å²) in [5, 5.41) is 9.07. The van der Waals surface area contributed by atoms with Crippen molar-refractivity contribution in [2.75, 3.05) is 12.4 Å². The van der Waals surface area contributed by atoms with Gasteiger partial charge in [0.25, 0.3) is 0 Å². The molecule has 0 spiro atoms. The molecule has 2 rings (SSSR count). The maximum absolute atomic E-state index is 11.1. The smallest absolute Gasteiger partial charge is 0.336 e. The maximum Gasteiger partial charge on any atom is 0.336 e. The normalized spacial score (nSPS) is 10.4. The molecule has 0 amide bonds. The zero-order valence-corrected chi connectivity index (χ0v) is 13.9. The number of ether oxygens (including phenoxy) is 1. The molecule has 0 bridgehead atoms. The Hall–Kier alpha value is -1.46. The highest BCUT2D eigenvalue weighted by Crippen LogP contribution is 2.25. The molecule has 1 N–H and O–H groups in total. The van der Waals surface area contributed by atoms with Crippen molar-refractivity contribution in [3.63, 3.8) is 0 Å². The Morgan fingerprint density at radius 3 is 2.62 bits per heavy atom. The molecular weight excluding hydrogens is 352 g/mol. The van der Waals surface area contributed by atoms with E-state index in [9.17, 15) is 4.79 Å². The molecule has 0 heterocycles. The quantitative estimate of drug-likeness (QED) is 0.598. The second kappa shape index (κ2) is 7.52. The SMILES string of the molecule is Cc1ccc(OCCSc2ccc(Br)c(C(=O)O)c2)cc1. The van der Waals surface area contributed by atoms with Gasteiger partial charge in [-0.25, -0.2) is 4.79 Å². The first kappa shape index (κ1) is 15.9. The van der Waals surface area contributed by atoms with Gasteiger partial charge < -0.3 is 9.84 Å². The van der Waals surface area contributed by atoms with Gasteiger partial charge in [-0.15, -0.1) is 11.8 Å². The molecule has 0 saturated carbocycles. The fraction of sp³-hybridized carbons (Fsp3) is 0.188. The van der Waals surface area contributed by atoms with Crippen molar-refractivity contribution < 1.29 is 14.6 Å². The lowest BCUT2D eigenvalue weighted by atomic mass is 10.2. The Balaban J connectivity index is 1.85. The van der Waals surface area contributed by atoms with Crippen molar-refractivity contribution in [1.82, 2.24) is 0 Å². The van der Waals surface area contributed by atoms with Crippen molar-refractivity contribution in [3.05, 3.63) is 58.1 Å². The summed E-state index contributed by atoms with van der Waals surface area (Å²) in [5.41, 5.74) is 1.48. The van der Waals surface area contributed by atoms with Gasteiger partial charge in [0.1, 0.15) is 5.75 Å². The number of hydrogen-bond acceptors (Lipinski definition) is 3. The first-order chi connectivity index (χ1) is 10.1. The monoisotopic (exact) mass is 366 g/mol. The van der Waals surface area contributed by atoms with Crippen molar-refractivity contribution in [2.45, 2.75) is 11.8 Å². The average Bonchev–Trinajstić information content (AvgIpc) is 2.46. The summed E-state index contributed by atoms with van der Waals surface area (Å²) in [6.45, 7) is 2.61. The molecule has 0 saturated heterocycles. The number of thioether (sulfide) groups is 1. The van der Waals surface area contributed by atoms with Crippen molar-refractivity contribution in [1.29, 1.82) is 0 Å². The van der Waals surface area contributed by atoms with Crippen LogP contribution in [0, 0.1) is 6.92 Å². The lowest BCUT2D eigenvalue weighted by Crippen LogP contribution is -2.01. The fourth-order valence-electron chi connectivity index (χ4n) is 1.71. The van der Waals surface area contributed by atoms with Gasteiger partial charge in [-0.1, -0.05) is 17.7 Å². The number of carbonyl (C=O) groups is 1. The van der Waals surface area contributed by atoms with E-state index in [1.54, 1.807) is 23.9 Å². The molecule has 2 aromatic carbocycles. The van der Waals surface area contributed by atoms with Gasteiger partial charge in [0.05, 0.1) is 12.2 Å². The lowest BCUT2D eigenvalue weighted by molar-refractivity contribution is 0.0695. The number of carboxylic acids is 1. The largest absolute Gasteiger partial charge is 0.493 e. The minimum atomic E-state index is -0.930. The summed E-state index contributed by atoms with van der Waals surface area (Å²) in [5.74, 6) is 0.678. The van der Waals surface area contributed by atoms with E-state index in [1.165, 1.54) is 5.56 Å². The van der Waals surface area contributed by atoms with Crippen LogP contribution in [-0.2, 0) is 0 Å². The zero-order chi connectivity index (χ0) is 15.2. The molecule has 0 aliphatic carbocycles. The second-order valence-corrected chi connectivity index (χ2v) is 6.48. The molecule has 0 aliphatic rings. The summed E-state index contributed by atoms with van der Waals surface area (Å²) in [7, 11) is 0. The Morgan fingerprint density at radius 1 is 1.24 bits per heavy atom. The third kappa shape index (κ3) is 4.79. The standard InChI is InChI=1S/C16H15BrO3S/c1-11-2-4-12(5-3-11)20-8-9-21-13-6-7-15(17)14(10-13)16(18)19/h2-7,10H,8-9H2,1H3,(H,18,19). The molecule has 5 heteroatoms. The number of halogens is 1. The van der Waals surface area contributed by atoms with Gasteiger partial charge in [0.15, 0.2) is 0 Å². The van der Waals surface area contributed by atoms with E-state index < -0.39 is 5.97 Å². The molecule has 110 valence electrons. The Morgan fingerprint density at radius 2 is 1.95 bits per heavy atom. The van der Waals surface area contributed by atoms with E-state index in [4.69, 9.17) is 9.84 Å². The molecule has 2 aromatic rings. The average molecular weight is 367 g/mol. The molecule has 0 unspecified atom stereocenters. The summed E-state index contributed by atoms with van der Waals surface area (Å²) in [4.78, 5) is 12.0. The summed E-state index contributed by atoms with van der Waals surface area (Å²) in [6, 6.07) is 13.2. The predicted octanol–water partition coefficient (Wildman–Crippen LogP) is 4.63. The molecule has 0 atom stereocenters. The van der Waals surface area contributed by atoms with Crippen molar-refractivity contribution in [3.8, 4) is 5.75 Å². The summed E-state index contributed by atoms with van der Waals surface area (Å²) >= 11 is 4.81. The van der Waals surface area contributed by atoms with Crippen LogP contribution in [0.4, 0.5) is 0 Å². The van der Waals surface area contributed by atoms with Gasteiger partial charge in [0.2, 0.25) is 0 Å². The highest BCUT2D eigenvalue weighted by Gasteiger charge is 2.09. The number of hydrogen-bond donors (Lipinski definition) is 1. The third-order valence-corrected chi connectivity index (χ3v) is 4.46. The Labute approximate surface area is 136 Å². The highest BCUT2D eigenvalue weighted by atomic mass is 79.9. The molecular formula is C16H15BrO3S. The van der Waals surface area contributed by atoms with Crippen LogP contribution in [-0.4, -0.2) is 23.4 Å². The third-order valence-electron chi connectivity index (χ3n) is 2.81. The van der Waals surface area contributed by atoms with Crippen LogP contribution >= 0.6 is 27.7 Å². The van der Waals surface area contributed by atoms with Crippen LogP contribution in [0.2, 0.25) is 0 Å². The van der Waals surface area contributed by atoms with E-state index in [0.29, 0.717) is 11.1 Å². The number of benzene rings is 2. The van der Waals surface area contributed by atoms with E-state index in [1.807, 2.05) is 37.3 Å². The van der Waals surface area contributed by atoms with Crippen LogP contribution in [0.3, 0.4) is 0 Å². The minimum Gasteiger partial charge on any atom is -0.493 e. The highest BCUT2D eigenvalue weighted by molar-refractivity contribution is 9.10. The Kier molecular flexibility index (Phi) is 5.70. The van der Waals surface area contributed by atoms with E-state index >= 15 is 0 Å². The Bertz CT molecular complexity index is 626. The predicted molar refractivity (Wildman–Crippen MR) is 88.5 cm³/mol. The minimum absolute atomic E-state index is 0.277. The molecule has 0 fully saturated rings. The van der Waals surface area contributed by atoms with Crippen LogP contribution in [0.1, 0.15) is 15.9 Å². The molecule has 0 radical (unpaired) electrons. The van der Waals surface area contributed by atoms with Crippen LogP contribution in [0.5, 0.6) is 5.75 Å². The van der Waals surface area contributed by atoms with Crippen molar-refractivity contribution >= 4 is 33.7 Å². The maximum atomic E-state index is 11.1. The molecule has 0 aromatic heterocycles. The summed E-state index contributed by atoms with van der Waals surface area (Å²) in [6.07, 6.45) is 0. The van der Waals surface area contributed by atoms with Gasteiger partial charge >= 0.3 is 5.97 Å². The van der Waals surface area contributed by atoms with Crippen LogP contribution in [0.15, 0.2) is 51.8 Å². The summed E-state index contributed by atoms with van der Waals surface area (Å²) < 4.78 is 6.23.